The van der Waals surface area contributed by atoms with Crippen LogP contribution in [-0.2, 0) is 0 Å². The van der Waals surface area contributed by atoms with Gasteiger partial charge >= 0.3 is 0 Å². The highest BCUT2D eigenvalue weighted by atomic mass is 13.9. The maximum absolute atomic E-state index is 6.70. The zero-order valence-corrected chi connectivity index (χ0v) is 5.69. The molecule has 0 spiro atoms. The molecule has 0 amide bonds. The van der Waals surface area contributed by atoms with Crippen molar-refractivity contribution in [2.75, 3.05) is 0 Å². The third-order valence-electron chi connectivity index (χ3n) is 1.22. The van der Waals surface area contributed by atoms with Crippen LogP contribution in [0.5, 0.6) is 0 Å². The van der Waals surface area contributed by atoms with Crippen LogP contribution in [-0.4, -0.2) is 0 Å². The lowest BCUT2D eigenvalue weighted by Crippen LogP contribution is -1.71. The molecule has 8 heavy (non-hydrogen) atoms. The van der Waals surface area contributed by atoms with E-state index in [9.17, 15) is 0 Å². The van der Waals surface area contributed by atoms with Crippen molar-refractivity contribution in [2.24, 2.45) is 0 Å². The van der Waals surface area contributed by atoms with E-state index in [4.69, 9.17) is 1.37 Å². The highest BCUT2D eigenvalue weighted by Crippen LogP contribution is 2.01. The minimum Gasteiger partial charge on any atom is -0.103 e. The Hall–Kier alpha value is -0.260. The van der Waals surface area contributed by atoms with E-state index < -0.39 is 0 Å². The quantitative estimate of drug-likeness (QED) is 0.379. The SMILES string of the molecule is [2H]C=CCCCCCC. The molecule has 0 saturated heterocycles. The molecule has 0 aliphatic heterocycles. The van der Waals surface area contributed by atoms with Gasteiger partial charge in [-0.2, -0.15) is 0 Å². The fraction of sp³-hybridized carbons (Fsp3) is 0.750. The van der Waals surface area contributed by atoms with Crippen LogP contribution in [0.25, 0.3) is 0 Å². The largest absolute Gasteiger partial charge is 0.103 e. The van der Waals surface area contributed by atoms with E-state index in [1.165, 1.54) is 32.2 Å². The Morgan fingerprint density at radius 1 is 1.50 bits per heavy atom. The third kappa shape index (κ3) is 5.74. The Kier molecular flexibility index (Phi) is 4.94. The summed E-state index contributed by atoms with van der Waals surface area (Å²) in [5.41, 5.74) is 0. The molecule has 0 N–H and O–H groups in total. The molecule has 0 atom stereocenters. The van der Waals surface area contributed by atoms with Gasteiger partial charge < -0.3 is 0 Å². The predicted molar refractivity (Wildman–Crippen MR) is 39.0 cm³/mol. The molecule has 0 unspecified atom stereocenters. The van der Waals surface area contributed by atoms with E-state index in [-0.39, 0.29) is 0 Å². The van der Waals surface area contributed by atoms with Gasteiger partial charge in [0.1, 0.15) is 0 Å². The summed E-state index contributed by atoms with van der Waals surface area (Å²) in [5.74, 6) is 0. The van der Waals surface area contributed by atoms with Crippen LogP contribution in [0.4, 0.5) is 0 Å². The minimum atomic E-state index is 1.09. The number of hydrogen-bond donors (Lipinski definition) is 0. The van der Waals surface area contributed by atoms with Crippen molar-refractivity contribution >= 4 is 0 Å². The average molecular weight is 113 g/mol. The molecule has 0 saturated carbocycles. The van der Waals surface area contributed by atoms with Crippen molar-refractivity contribution < 1.29 is 1.37 Å². The number of allylic oxidation sites excluding steroid dienone is 1. The van der Waals surface area contributed by atoms with E-state index in [1.807, 2.05) is 6.08 Å². The molecule has 0 aliphatic rings. The zero-order valence-electron chi connectivity index (χ0n) is 6.69. The molecular weight excluding hydrogens is 96.1 g/mol. The Morgan fingerprint density at radius 3 is 3.00 bits per heavy atom. The minimum absolute atomic E-state index is 1.09. The van der Waals surface area contributed by atoms with Gasteiger partial charge in [0.15, 0.2) is 0 Å². The van der Waals surface area contributed by atoms with Gasteiger partial charge in [0.2, 0.25) is 0 Å². The zero-order chi connectivity index (χ0) is 6.95. The van der Waals surface area contributed by atoms with Gasteiger partial charge in [0.05, 0.1) is 1.37 Å². The van der Waals surface area contributed by atoms with Gasteiger partial charge in [-0.25, -0.2) is 0 Å². The summed E-state index contributed by atoms with van der Waals surface area (Å²) >= 11 is 0. The first kappa shape index (κ1) is 5.87. The molecule has 0 aromatic heterocycles. The predicted octanol–water partition coefficient (Wildman–Crippen LogP) is 3.14. The molecule has 0 rings (SSSR count). The van der Waals surface area contributed by atoms with Gasteiger partial charge in [-0.3, -0.25) is 0 Å². The van der Waals surface area contributed by atoms with E-state index in [1.54, 1.807) is 0 Å². The van der Waals surface area contributed by atoms with Gasteiger partial charge in [-0.15, -0.1) is 6.55 Å². The lowest BCUT2D eigenvalue weighted by Gasteiger charge is -1.91. The molecule has 0 aromatic rings. The number of unbranched alkanes of at least 4 members (excludes halogenated alkanes) is 4. The average Bonchev–Trinajstić information content (AvgIpc) is 1.89. The first-order valence-corrected chi connectivity index (χ1v) is 3.45. The Morgan fingerprint density at radius 2 is 2.38 bits per heavy atom. The van der Waals surface area contributed by atoms with Gasteiger partial charge in [-0.1, -0.05) is 32.3 Å². The van der Waals surface area contributed by atoms with Crippen LogP contribution >= 0.6 is 0 Å². The maximum Gasteiger partial charge on any atom is 0.0534 e. The molecule has 0 heteroatoms. The summed E-state index contributed by atoms with van der Waals surface area (Å²) in [7, 11) is 0. The summed E-state index contributed by atoms with van der Waals surface area (Å²) in [6, 6.07) is 0. The monoisotopic (exact) mass is 113 g/mol. The molecule has 48 valence electrons. The fourth-order valence-electron chi connectivity index (χ4n) is 0.689. The molecule has 0 nitrogen and oxygen atoms in total. The van der Waals surface area contributed by atoms with Crippen LogP contribution in [0.2, 0.25) is 0 Å². The van der Waals surface area contributed by atoms with Crippen LogP contribution in [0, 0.1) is 0 Å². The normalized spacial score (nSPS) is 12.4. The van der Waals surface area contributed by atoms with Crippen molar-refractivity contribution in [3.05, 3.63) is 12.6 Å². The first-order valence-electron chi connectivity index (χ1n) is 4.03. The van der Waals surface area contributed by atoms with Crippen LogP contribution in [0.15, 0.2) is 12.6 Å². The third-order valence-corrected chi connectivity index (χ3v) is 1.22. The molecule has 0 aromatic carbocycles. The molecule has 0 bridgehead atoms. The second-order valence-electron chi connectivity index (χ2n) is 2.09. The topological polar surface area (TPSA) is 0 Å². The van der Waals surface area contributed by atoms with Crippen molar-refractivity contribution in [1.82, 2.24) is 0 Å². The summed E-state index contributed by atoms with van der Waals surface area (Å²) < 4.78 is 6.70. The maximum atomic E-state index is 6.70. The highest BCUT2D eigenvalue weighted by molar-refractivity contribution is 4.64. The molecule has 0 radical (unpaired) electrons. The van der Waals surface area contributed by atoms with Crippen molar-refractivity contribution in [1.29, 1.82) is 0 Å². The Balaban J connectivity index is 2.75. The second kappa shape index (κ2) is 6.74. The van der Waals surface area contributed by atoms with Gasteiger partial charge in [0.25, 0.3) is 0 Å². The summed E-state index contributed by atoms with van der Waals surface area (Å²) in [6.45, 7) is 3.59. The Bertz CT molecular complexity index is 67.0. The van der Waals surface area contributed by atoms with Crippen LogP contribution in [0.3, 0.4) is 0 Å². The van der Waals surface area contributed by atoms with Crippen molar-refractivity contribution in [2.45, 2.75) is 39.0 Å². The molecular formula is C8H16. The standard InChI is InChI=1S/C8H16/c1-3-5-7-8-6-4-2/h3H,1,4-8H2,2H3/i1D. The van der Waals surface area contributed by atoms with Crippen molar-refractivity contribution in [3.63, 3.8) is 0 Å². The lowest BCUT2D eigenvalue weighted by molar-refractivity contribution is 0.675. The number of rotatable bonds is 5. The Labute approximate surface area is 54.0 Å². The first-order chi connectivity index (χ1) is 4.41. The fourth-order valence-corrected chi connectivity index (χ4v) is 0.689. The molecule has 0 aliphatic carbocycles. The summed E-state index contributed by atoms with van der Waals surface area (Å²) in [6.07, 6.45) is 8.21. The van der Waals surface area contributed by atoms with Gasteiger partial charge in [-0.05, 0) is 12.8 Å². The van der Waals surface area contributed by atoms with Crippen LogP contribution < -0.4 is 0 Å². The summed E-state index contributed by atoms with van der Waals surface area (Å²) in [5, 5.41) is 0. The van der Waals surface area contributed by atoms with E-state index >= 15 is 0 Å². The van der Waals surface area contributed by atoms with Crippen LogP contribution in [0.1, 0.15) is 40.4 Å². The summed E-state index contributed by atoms with van der Waals surface area (Å²) in [4.78, 5) is 0. The van der Waals surface area contributed by atoms with E-state index in [0.29, 0.717) is 0 Å². The smallest absolute Gasteiger partial charge is 0.0534 e. The van der Waals surface area contributed by atoms with Gasteiger partial charge in [0, 0.05) is 0 Å². The molecule has 0 fully saturated rings. The van der Waals surface area contributed by atoms with E-state index in [2.05, 4.69) is 6.92 Å². The molecule has 0 heterocycles. The second-order valence-corrected chi connectivity index (χ2v) is 2.09. The number of hydrogen-bond acceptors (Lipinski definition) is 0. The lowest BCUT2D eigenvalue weighted by atomic mass is 10.2. The van der Waals surface area contributed by atoms with E-state index in [0.717, 1.165) is 6.42 Å². The van der Waals surface area contributed by atoms with Crippen molar-refractivity contribution in [3.8, 4) is 0 Å². The highest BCUT2D eigenvalue weighted by Gasteiger charge is 1.81.